The monoisotopic (exact) mass is 305 g/mol. The smallest absolute Gasteiger partial charge is 0.268 e. The Kier molecular flexibility index (Phi) is 4.07. The van der Waals surface area contributed by atoms with Crippen molar-refractivity contribution in [1.82, 2.24) is 15.3 Å². The Morgan fingerprint density at radius 3 is 3.14 bits per heavy atom. The van der Waals surface area contributed by atoms with Crippen molar-refractivity contribution < 1.29 is 9.53 Å². The van der Waals surface area contributed by atoms with Crippen molar-refractivity contribution in [1.29, 1.82) is 0 Å². The van der Waals surface area contributed by atoms with E-state index in [2.05, 4.69) is 15.3 Å². The fourth-order valence-electron chi connectivity index (χ4n) is 2.54. The summed E-state index contributed by atoms with van der Waals surface area (Å²) < 4.78 is 5.60. The summed E-state index contributed by atoms with van der Waals surface area (Å²) in [5.41, 5.74) is 2.40. The van der Waals surface area contributed by atoms with Gasteiger partial charge in [-0.05, 0) is 32.8 Å². The lowest BCUT2D eigenvalue weighted by Gasteiger charge is -2.19. The van der Waals surface area contributed by atoms with Gasteiger partial charge in [-0.2, -0.15) is 0 Å². The van der Waals surface area contributed by atoms with E-state index in [-0.39, 0.29) is 18.1 Å². The highest BCUT2D eigenvalue weighted by Crippen LogP contribution is 2.22. The van der Waals surface area contributed by atoms with Crippen LogP contribution in [0.3, 0.4) is 0 Å². The van der Waals surface area contributed by atoms with E-state index >= 15 is 0 Å². The minimum absolute atomic E-state index is 0.0215. The number of amides is 1. The Morgan fingerprint density at radius 2 is 2.48 bits per heavy atom. The number of H-pyrrole nitrogens is 1. The van der Waals surface area contributed by atoms with E-state index in [1.807, 2.05) is 31.5 Å². The predicted octanol–water partition coefficient (Wildman–Crippen LogP) is 2.74. The molecule has 0 unspecified atom stereocenters. The highest BCUT2D eigenvalue weighted by atomic mass is 32.1. The molecular weight excluding hydrogens is 286 g/mol. The van der Waals surface area contributed by atoms with Gasteiger partial charge in [0.25, 0.3) is 5.91 Å². The fourth-order valence-corrected chi connectivity index (χ4v) is 3.17. The summed E-state index contributed by atoms with van der Waals surface area (Å²) in [6.07, 6.45) is 4.03. The molecule has 5 nitrogen and oxygen atoms in total. The molecule has 0 aliphatic carbocycles. The van der Waals surface area contributed by atoms with Crippen LogP contribution >= 0.6 is 11.3 Å². The molecule has 3 heterocycles. The normalized spacial score (nSPS) is 19.6. The van der Waals surface area contributed by atoms with Crippen LogP contribution in [0.4, 0.5) is 0 Å². The molecule has 0 bridgehead atoms. The molecule has 3 rings (SSSR count). The van der Waals surface area contributed by atoms with Crippen LogP contribution in [0.15, 0.2) is 17.6 Å². The Balaban J connectivity index is 1.66. The zero-order chi connectivity index (χ0) is 14.8. The van der Waals surface area contributed by atoms with Gasteiger partial charge in [0.05, 0.1) is 22.8 Å². The second kappa shape index (κ2) is 5.99. The van der Waals surface area contributed by atoms with Crippen molar-refractivity contribution in [3.05, 3.63) is 28.3 Å². The van der Waals surface area contributed by atoms with E-state index in [0.29, 0.717) is 5.69 Å². The van der Waals surface area contributed by atoms with E-state index in [9.17, 15) is 4.79 Å². The first-order valence-electron chi connectivity index (χ1n) is 7.17. The van der Waals surface area contributed by atoms with Gasteiger partial charge in [0.1, 0.15) is 5.69 Å². The number of rotatable bonds is 4. The van der Waals surface area contributed by atoms with Crippen LogP contribution in [-0.4, -0.2) is 34.6 Å². The van der Waals surface area contributed by atoms with Gasteiger partial charge >= 0.3 is 0 Å². The third-order valence-electron chi connectivity index (χ3n) is 3.72. The minimum Gasteiger partial charge on any atom is -0.376 e. The van der Waals surface area contributed by atoms with E-state index in [0.717, 1.165) is 35.7 Å². The third kappa shape index (κ3) is 3.16. The van der Waals surface area contributed by atoms with Crippen LogP contribution in [0.25, 0.3) is 11.3 Å². The molecule has 0 saturated carbocycles. The number of hydrogen-bond acceptors (Lipinski definition) is 4. The highest BCUT2D eigenvalue weighted by Gasteiger charge is 2.24. The van der Waals surface area contributed by atoms with Gasteiger partial charge in [0, 0.05) is 23.7 Å². The maximum atomic E-state index is 12.2. The number of hydrogen-bond donors (Lipinski definition) is 2. The molecule has 1 aliphatic heterocycles. The lowest BCUT2D eigenvalue weighted by atomic mass is 10.1. The van der Waals surface area contributed by atoms with Gasteiger partial charge in [0.2, 0.25) is 0 Å². The molecule has 112 valence electrons. The number of nitrogens with zero attached hydrogens (tertiary/aromatic N) is 1. The fraction of sp³-hybridized carbons (Fsp3) is 0.467. The summed E-state index contributed by atoms with van der Waals surface area (Å²) in [5, 5.41) is 6.01. The predicted molar refractivity (Wildman–Crippen MR) is 82.5 cm³/mol. The van der Waals surface area contributed by atoms with Crippen molar-refractivity contribution in [2.24, 2.45) is 0 Å². The molecule has 0 radical (unpaired) electrons. The molecule has 2 N–H and O–H groups in total. The van der Waals surface area contributed by atoms with Crippen LogP contribution < -0.4 is 5.32 Å². The molecule has 2 aromatic heterocycles. The highest BCUT2D eigenvalue weighted by molar-refractivity contribution is 7.09. The number of aryl methyl sites for hydroxylation is 1. The third-order valence-corrected chi connectivity index (χ3v) is 4.50. The van der Waals surface area contributed by atoms with Crippen LogP contribution in [0.1, 0.15) is 35.3 Å². The van der Waals surface area contributed by atoms with Gasteiger partial charge in [-0.25, -0.2) is 4.98 Å². The number of aromatic nitrogens is 2. The Hall–Kier alpha value is -1.66. The first-order valence-corrected chi connectivity index (χ1v) is 8.05. The number of carbonyl (C=O) groups excluding carboxylic acids is 1. The number of aromatic amines is 1. The van der Waals surface area contributed by atoms with Crippen molar-refractivity contribution in [3.63, 3.8) is 0 Å². The van der Waals surface area contributed by atoms with Gasteiger partial charge in [-0.15, -0.1) is 11.3 Å². The largest absolute Gasteiger partial charge is 0.376 e. The summed E-state index contributed by atoms with van der Waals surface area (Å²) in [4.78, 5) is 19.7. The van der Waals surface area contributed by atoms with Crippen LogP contribution in [0.2, 0.25) is 0 Å². The van der Waals surface area contributed by atoms with Crippen molar-refractivity contribution in [2.45, 2.75) is 38.8 Å². The van der Waals surface area contributed by atoms with E-state index in [1.54, 1.807) is 11.3 Å². The van der Waals surface area contributed by atoms with Crippen LogP contribution in [0.5, 0.6) is 0 Å². The second-order valence-corrected chi connectivity index (χ2v) is 6.43. The summed E-state index contributed by atoms with van der Waals surface area (Å²) in [5.74, 6) is -0.101. The van der Waals surface area contributed by atoms with E-state index < -0.39 is 0 Å². The van der Waals surface area contributed by atoms with Crippen molar-refractivity contribution in [3.8, 4) is 11.3 Å². The molecule has 0 spiro atoms. The van der Waals surface area contributed by atoms with E-state index in [1.165, 1.54) is 0 Å². The maximum Gasteiger partial charge on any atom is 0.268 e. The number of thiazole rings is 1. The summed E-state index contributed by atoms with van der Waals surface area (Å²) >= 11 is 1.60. The van der Waals surface area contributed by atoms with Crippen molar-refractivity contribution >= 4 is 17.2 Å². The maximum absolute atomic E-state index is 12.2. The first kappa shape index (κ1) is 14.3. The average Bonchev–Trinajstić information content (AvgIpc) is 3.19. The number of carbonyl (C=O) groups is 1. The number of nitrogens with one attached hydrogen (secondary N) is 2. The molecule has 2 atom stereocenters. The van der Waals surface area contributed by atoms with Gasteiger partial charge in [0.15, 0.2) is 0 Å². The summed E-state index contributed by atoms with van der Waals surface area (Å²) in [6.45, 7) is 4.75. The second-order valence-electron chi connectivity index (χ2n) is 5.37. The van der Waals surface area contributed by atoms with Gasteiger partial charge in [-0.1, -0.05) is 0 Å². The van der Waals surface area contributed by atoms with Crippen LogP contribution in [0, 0.1) is 6.92 Å². The molecule has 6 heteroatoms. The van der Waals surface area contributed by atoms with Crippen LogP contribution in [-0.2, 0) is 4.74 Å². The zero-order valence-corrected chi connectivity index (χ0v) is 13.0. The lowest BCUT2D eigenvalue weighted by molar-refractivity contribution is 0.0710. The molecule has 1 amide bonds. The SMILES string of the molecule is Cc1nc(-c2c[nH]c(C(=O)N[C@H](C)[C@H]3CCCO3)c2)cs1. The van der Waals surface area contributed by atoms with E-state index in [4.69, 9.17) is 4.74 Å². The quantitative estimate of drug-likeness (QED) is 0.912. The molecule has 1 fully saturated rings. The average molecular weight is 305 g/mol. The molecular formula is C15H19N3O2S. The zero-order valence-electron chi connectivity index (χ0n) is 12.2. The first-order chi connectivity index (χ1) is 10.1. The lowest BCUT2D eigenvalue weighted by Crippen LogP contribution is -2.40. The summed E-state index contributed by atoms with van der Waals surface area (Å²) in [7, 11) is 0. The Morgan fingerprint density at radius 1 is 1.62 bits per heavy atom. The number of ether oxygens (including phenoxy) is 1. The molecule has 0 aromatic carbocycles. The summed E-state index contributed by atoms with van der Waals surface area (Å²) in [6, 6.07) is 1.86. The Bertz CT molecular complexity index is 628. The standard InChI is InChI=1S/C15H19N3O2S/c1-9(14-4-3-5-20-14)17-15(19)12-6-11(7-16-12)13-8-21-10(2)18-13/h6-9,14,16H,3-5H2,1-2H3,(H,17,19)/t9-,14-/m1/s1. The van der Waals surface area contributed by atoms with Crippen molar-refractivity contribution in [2.75, 3.05) is 6.61 Å². The Labute approximate surface area is 127 Å². The van der Waals surface area contributed by atoms with Gasteiger partial charge < -0.3 is 15.0 Å². The molecule has 1 saturated heterocycles. The molecule has 21 heavy (non-hydrogen) atoms. The van der Waals surface area contributed by atoms with Gasteiger partial charge in [-0.3, -0.25) is 4.79 Å². The molecule has 2 aromatic rings. The minimum atomic E-state index is -0.101. The topological polar surface area (TPSA) is 67.0 Å². The molecule has 1 aliphatic rings.